The van der Waals surface area contributed by atoms with Crippen LogP contribution in [0, 0.1) is 5.41 Å². The van der Waals surface area contributed by atoms with Gasteiger partial charge in [0.25, 0.3) is 5.91 Å². The van der Waals surface area contributed by atoms with E-state index in [1.165, 1.54) is 0 Å². The van der Waals surface area contributed by atoms with Gasteiger partial charge in [0.1, 0.15) is 5.69 Å². The lowest BCUT2D eigenvalue weighted by molar-refractivity contribution is -0.133. The lowest BCUT2D eigenvalue weighted by Crippen LogP contribution is -2.54. The first-order chi connectivity index (χ1) is 15.1. The summed E-state index contributed by atoms with van der Waals surface area (Å²) in [5.41, 5.74) is 3.01. The number of aromatic nitrogens is 3. The molecule has 1 atom stereocenters. The number of nitrogens with zero attached hydrogens (tertiary/aromatic N) is 3. The van der Waals surface area contributed by atoms with Crippen molar-refractivity contribution in [2.45, 2.75) is 26.2 Å². The predicted molar refractivity (Wildman–Crippen MR) is 118 cm³/mol. The molecule has 1 fully saturated rings. The maximum absolute atomic E-state index is 13.3. The summed E-state index contributed by atoms with van der Waals surface area (Å²) in [4.78, 5) is 32.2. The van der Waals surface area contributed by atoms with Gasteiger partial charge < -0.3 is 10.2 Å². The topological polar surface area (TPSA) is 91.0 Å². The summed E-state index contributed by atoms with van der Waals surface area (Å²) in [6.45, 7) is 3.49. The van der Waals surface area contributed by atoms with Crippen LogP contribution < -0.4 is 5.32 Å². The molecule has 0 saturated carbocycles. The zero-order valence-electron chi connectivity index (χ0n) is 17.7. The minimum Gasteiger partial charge on any atom is -0.356 e. The van der Waals surface area contributed by atoms with Gasteiger partial charge in [-0.15, -0.1) is 0 Å². The molecule has 31 heavy (non-hydrogen) atoms. The summed E-state index contributed by atoms with van der Waals surface area (Å²) in [5, 5.41) is 9.67. The second-order valence-electron chi connectivity index (χ2n) is 8.01. The number of amides is 2. The number of H-pyrrole nitrogens is 1. The summed E-state index contributed by atoms with van der Waals surface area (Å²) in [6, 6.07) is 13.8. The molecule has 0 radical (unpaired) electrons. The van der Waals surface area contributed by atoms with Gasteiger partial charge in [-0.2, -0.15) is 5.10 Å². The molecule has 160 valence electrons. The van der Waals surface area contributed by atoms with Crippen molar-refractivity contribution in [2.24, 2.45) is 5.41 Å². The van der Waals surface area contributed by atoms with E-state index in [0.717, 1.165) is 29.5 Å². The van der Waals surface area contributed by atoms with Crippen LogP contribution >= 0.6 is 0 Å². The molecule has 2 aromatic heterocycles. The van der Waals surface area contributed by atoms with Gasteiger partial charge in [-0.05, 0) is 61.1 Å². The fourth-order valence-electron chi connectivity index (χ4n) is 4.46. The number of aromatic amines is 1. The Balaban J connectivity index is 1.68. The number of carbonyl (C=O) groups excluding carboxylic acids is 2. The molecule has 0 unspecified atom stereocenters. The first-order valence-corrected chi connectivity index (χ1v) is 10.7. The van der Waals surface area contributed by atoms with E-state index >= 15 is 0 Å². The van der Waals surface area contributed by atoms with Crippen molar-refractivity contribution in [2.75, 3.05) is 19.6 Å². The SMILES string of the molecule is CCNC(=O)[C@@]1(Cc2ccccc2-c2ccncc2)CCCN(C(=O)c2ccn[nH]2)C1. The van der Waals surface area contributed by atoms with Crippen molar-refractivity contribution in [3.8, 4) is 11.1 Å². The average molecular weight is 418 g/mol. The molecule has 0 aliphatic carbocycles. The van der Waals surface area contributed by atoms with Crippen molar-refractivity contribution < 1.29 is 9.59 Å². The summed E-state index contributed by atoms with van der Waals surface area (Å²) in [6.07, 6.45) is 7.18. The zero-order valence-corrected chi connectivity index (χ0v) is 17.7. The molecule has 0 spiro atoms. The van der Waals surface area contributed by atoms with Gasteiger partial charge in [0.2, 0.25) is 5.91 Å². The molecule has 1 aromatic carbocycles. The van der Waals surface area contributed by atoms with Crippen LogP contribution in [0.25, 0.3) is 11.1 Å². The quantitative estimate of drug-likeness (QED) is 0.645. The van der Waals surface area contributed by atoms with Gasteiger partial charge in [0.05, 0.1) is 5.41 Å². The molecule has 0 bridgehead atoms. The molecule has 3 aromatic rings. The highest BCUT2D eigenvalue weighted by molar-refractivity contribution is 5.93. The van der Waals surface area contributed by atoms with Gasteiger partial charge >= 0.3 is 0 Å². The molecule has 3 heterocycles. The Morgan fingerprint density at radius 1 is 1.13 bits per heavy atom. The van der Waals surface area contributed by atoms with E-state index in [-0.39, 0.29) is 11.8 Å². The number of piperidine rings is 1. The minimum absolute atomic E-state index is 0.00152. The van der Waals surface area contributed by atoms with Gasteiger partial charge in [-0.25, -0.2) is 0 Å². The van der Waals surface area contributed by atoms with Gasteiger partial charge in [-0.3, -0.25) is 19.7 Å². The van der Waals surface area contributed by atoms with Crippen LogP contribution in [0.15, 0.2) is 61.1 Å². The normalized spacial score (nSPS) is 18.5. The highest BCUT2D eigenvalue weighted by Gasteiger charge is 2.44. The Morgan fingerprint density at radius 2 is 1.94 bits per heavy atom. The van der Waals surface area contributed by atoms with Crippen molar-refractivity contribution in [3.63, 3.8) is 0 Å². The van der Waals surface area contributed by atoms with Crippen molar-refractivity contribution in [1.82, 2.24) is 25.4 Å². The molecular formula is C24H27N5O2. The van der Waals surface area contributed by atoms with Crippen LogP contribution in [0.3, 0.4) is 0 Å². The Hall–Kier alpha value is -3.48. The number of likely N-dealkylation sites (tertiary alicyclic amines) is 1. The predicted octanol–water partition coefficient (Wildman–Crippen LogP) is 3.07. The average Bonchev–Trinajstić information content (AvgIpc) is 3.35. The summed E-state index contributed by atoms with van der Waals surface area (Å²) in [7, 11) is 0. The molecule has 1 aliphatic heterocycles. The van der Waals surface area contributed by atoms with Gasteiger partial charge in [0.15, 0.2) is 0 Å². The molecular weight excluding hydrogens is 390 g/mol. The van der Waals surface area contributed by atoms with Crippen molar-refractivity contribution in [1.29, 1.82) is 0 Å². The standard InChI is InChI=1S/C24H27N5O2/c1-2-26-23(31)24(11-5-15-29(17-24)22(30)21-10-14-27-28-21)16-19-6-3-4-7-20(19)18-8-12-25-13-9-18/h3-4,6-10,12-14H,2,5,11,15-17H2,1H3,(H,26,31)(H,27,28)/t24-/m1/s1. The lowest BCUT2D eigenvalue weighted by Gasteiger charge is -2.42. The van der Waals surface area contributed by atoms with Crippen LogP contribution in [0.5, 0.6) is 0 Å². The number of hydrogen-bond donors (Lipinski definition) is 2. The fourth-order valence-corrected chi connectivity index (χ4v) is 4.46. The van der Waals surface area contributed by atoms with Crippen molar-refractivity contribution in [3.05, 3.63) is 72.3 Å². The van der Waals surface area contributed by atoms with Crippen LogP contribution in [0.1, 0.15) is 35.8 Å². The number of benzene rings is 1. The molecule has 4 rings (SSSR count). The second-order valence-corrected chi connectivity index (χ2v) is 8.01. The lowest BCUT2D eigenvalue weighted by atomic mass is 9.73. The van der Waals surface area contributed by atoms with E-state index in [1.54, 1.807) is 29.6 Å². The van der Waals surface area contributed by atoms with Crippen LogP contribution in [0.2, 0.25) is 0 Å². The van der Waals surface area contributed by atoms with Crippen LogP contribution in [0.4, 0.5) is 0 Å². The third kappa shape index (κ3) is 4.35. The van der Waals surface area contributed by atoms with E-state index in [4.69, 9.17) is 0 Å². The molecule has 1 saturated heterocycles. The van der Waals surface area contributed by atoms with E-state index in [9.17, 15) is 9.59 Å². The smallest absolute Gasteiger partial charge is 0.271 e. The second kappa shape index (κ2) is 9.12. The Kier molecular flexibility index (Phi) is 6.11. The molecule has 7 nitrogen and oxygen atoms in total. The van der Waals surface area contributed by atoms with E-state index in [2.05, 4.69) is 32.6 Å². The largest absolute Gasteiger partial charge is 0.356 e. The first-order valence-electron chi connectivity index (χ1n) is 10.7. The van der Waals surface area contributed by atoms with E-state index in [1.807, 2.05) is 31.2 Å². The van der Waals surface area contributed by atoms with Crippen LogP contribution in [-0.2, 0) is 11.2 Å². The zero-order chi connectivity index (χ0) is 21.7. The Labute approximate surface area is 181 Å². The number of rotatable bonds is 6. The van der Waals surface area contributed by atoms with Gasteiger partial charge in [0, 0.05) is 38.2 Å². The number of carbonyl (C=O) groups is 2. The fraction of sp³-hybridized carbons (Fsp3) is 0.333. The van der Waals surface area contributed by atoms with E-state index < -0.39 is 5.41 Å². The van der Waals surface area contributed by atoms with E-state index in [0.29, 0.717) is 31.7 Å². The third-order valence-corrected chi connectivity index (χ3v) is 5.95. The van der Waals surface area contributed by atoms with Crippen LogP contribution in [-0.4, -0.2) is 51.5 Å². The first kappa shape index (κ1) is 20.8. The highest BCUT2D eigenvalue weighted by atomic mass is 16.2. The van der Waals surface area contributed by atoms with Gasteiger partial charge in [-0.1, -0.05) is 24.3 Å². The number of nitrogens with one attached hydrogen (secondary N) is 2. The number of pyridine rings is 1. The maximum Gasteiger partial charge on any atom is 0.271 e. The third-order valence-electron chi connectivity index (χ3n) is 5.95. The summed E-state index contributed by atoms with van der Waals surface area (Å²) < 4.78 is 0. The minimum atomic E-state index is -0.687. The molecule has 2 N–H and O–H groups in total. The monoisotopic (exact) mass is 417 g/mol. The summed E-state index contributed by atoms with van der Waals surface area (Å²) in [5.74, 6) is -0.116. The molecule has 1 aliphatic rings. The van der Waals surface area contributed by atoms with Crippen molar-refractivity contribution >= 4 is 11.8 Å². The molecule has 7 heteroatoms. The Bertz CT molecular complexity index is 1040. The molecule has 2 amide bonds. The maximum atomic E-state index is 13.3. The highest BCUT2D eigenvalue weighted by Crippen LogP contribution is 2.37. The number of hydrogen-bond acceptors (Lipinski definition) is 4. The summed E-state index contributed by atoms with van der Waals surface area (Å²) >= 11 is 0. The Morgan fingerprint density at radius 3 is 2.68 bits per heavy atom.